The molecule has 0 saturated heterocycles. The van der Waals surface area contributed by atoms with E-state index in [-0.39, 0.29) is 18.4 Å². The normalized spacial score (nSPS) is 12.0. The van der Waals surface area contributed by atoms with Gasteiger partial charge < -0.3 is 14.6 Å². The van der Waals surface area contributed by atoms with Crippen LogP contribution in [0.3, 0.4) is 0 Å². The van der Waals surface area contributed by atoms with Crippen molar-refractivity contribution in [3.63, 3.8) is 0 Å². The number of benzene rings is 1. The van der Waals surface area contributed by atoms with E-state index in [0.29, 0.717) is 42.1 Å². The summed E-state index contributed by atoms with van der Waals surface area (Å²) in [7, 11) is 1.91. The first-order valence-electron chi connectivity index (χ1n) is 8.85. The highest BCUT2D eigenvalue weighted by Crippen LogP contribution is 2.29. The highest BCUT2D eigenvalue weighted by Gasteiger charge is 2.20. The van der Waals surface area contributed by atoms with Crippen molar-refractivity contribution in [2.45, 2.75) is 33.2 Å². The number of nitrogens with zero attached hydrogens (tertiary/aromatic N) is 4. The molecule has 0 spiro atoms. The first-order valence-corrected chi connectivity index (χ1v) is 8.85. The third-order valence-corrected chi connectivity index (χ3v) is 3.93. The minimum absolute atomic E-state index is 0. The molecule has 1 aromatic carbocycles. The molecule has 2 heterocycles. The van der Waals surface area contributed by atoms with Gasteiger partial charge in [-0.05, 0) is 32.0 Å². The quantitative estimate of drug-likeness (QED) is 0.632. The number of halogens is 1. The second-order valence-electron chi connectivity index (χ2n) is 6.74. The molecule has 0 aliphatic rings. The molecule has 3 aromatic rings. The molecule has 2 aromatic heterocycles. The molecular weight excluding hydrogens is 366 g/mol. The number of likely N-dealkylation sites (N-methyl/N-ethyl adjacent to an activating group) is 1. The van der Waals surface area contributed by atoms with Crippen LogP contribution in [-0.4, -0.2) is 39.6 Å². The van der Waals surface area contributed by atoms with Crippen LogP contribution in [0.2, 0.25) is 0 Å². The summed E-state index contributed by atoms with van der Waals surface area (Å²) in [5, 5.41) is 11.9. The van der Waals surface area contributed by atoms with Crippen LogP contribution in [0.4, 0.5) is 0 Å². The molecular formula is C19H26ClN5O2. The maximum Gasteiger partial charge on any atom is 0.282 e. The maximum absolute atomic E-state index is 5.94. The summed E-state index contributed by atoms with van der Waals surface area (Å²) in [5.74, 6) is 2.06. The van der Waals surface area contributed by atoms with Gasteiger partial charge in [-0.25, -0.2) is 4.68 Å². The lowest BCUT2D eigenvalue weighted by Gasteiger charge is -2.06. The lowest BCUT2D eigenvalue weighted by molar-refractivity contribution is 0.271. The Balaban J connectivity index is 0.00000261. The summed E-state index contributed by atoms with van der Waals surface area (Å²) in [6.45, 7) is 6.86. The Morgan fingerprint density at radius 2 is 1.93 bits per heavy atom. The SMILES string of the molecule is CNC(C)Cc1noc(-c2nn(-c3ccccc3)cc2OCC(C)C)n1.Cl. The van der Waals surface area contributed by atoms with E-state index in [1.165, 1.54) is 0 Å². The molecule has 0 aliphatic carbocycles. The van der Waals surface area contributed by atoms with Crippen LogP contribution in [0.5, 0.6) is 5.75 Å². The van der Waals surface area contributed by atoms with Gasteiger partial charge in [-0.2, -0.15) is 10.1 Å². The summed E-state index contributed by atoms with van der Waals surface area (Å²) < 4.78 is 13.2. The summed E-state index contributed by atoms with van der Waals surface area (Å²) >= 11 is 0. The molecule has 1 unspecified atom stereocenters. The van der Waals surface area contributed by atoms with Gasteiger partial charge in [0, 0.05) is 12.5 Å². The molecule has 146 valence electrons. The monoisotopic (exact) mass is 391 g/mol. The van der Waals surface area contributed by atoms with Gasteiger partial charge >= 0.3 is 0 Å². The van der Waals surface area contributed by atoms with Crippen molar-refractivity contribution in [3.8, 4) is 23.0 Å². The zero-order chi connectivity index (χ0) is 18.5. The van der Waals surface area contributed by atoms with Crippen molar-refractivity contribution in [2.75, 3.05) is 13.7 Å². The second-order valence-corrected chi connectivity index (χ2v) is 6.74. The highest BCUT2D eigenvalue weighted by molar-refractivity contribution is 5.85. The van der Waals surface area contributed by atoms with Crippen LogP contribution in [0.1, 0.15) is 26.6 Å². The Kier molecular flexibility index (Phi) is 7.38. The first kappa shape index (κ1) is 20.9. The Hall–Kier alpha value is -2.38. The van der Waals surface area contributed by atoms with Crippen molar-refractivity contribution in [1.82, 2.24) is 25.2 Å². The smallest absolute Gasteiger partial charge is 0.282 e. The van der Waals surface area contributed by atoms with Gasteiger partial charge in [-0.15, -0.1) is 12.4 Å². The fourth-order valence-corrected chi connectivity index (χ4v) is 2.39. The van der Waals surface area contributed by atoms with E-state index < -0.39 is 0 Å². The standard InChI is InChI=1S/C19H25N5O2.ClH/c1-13(2)12-25-16-11-24(15-8-6-5-7-9-15)22-18(16)19-21-17(23-26-19)10-14(3)20-4;/h5-9,11,13-14,20H,10,12H2,1-4H3;1H. The molecule has 8 heteroatoms. The van der Waals surface area contributed by atoms with E-state index in [4.69, 9.17) is 9.26 Å². The van der Waals surface area contributed by atoms with Crippen LogP contribution in [0.25, 0.3) is 17.3 Å². The third kappa shape index (κ3) is 5.30. The number of para-hydroxylation sites is 1. The predicted molar refractivity (Wildman–Crippen MR) is 107 cm³/mol. The minimum Gasteiger partial charge on any atom is -0.489 e. The third-order valence-electron chi connectivity index (χ3n) is 3.93. The minimum atomic E-state index is 0. The maximum atomic E-state index is 5.94. The number of rotatable bonds is 8. The molecule has 0 radical (unpaired) electrons. The van der Waals surface area contributed by atoms with Crippen LogP contribution in [0.15, 0.2) is 41.1 Å². The van der Waals surface area contributed by atoms with Gasteiger partial charge in [-0.1, -0.05) is 37.2 Å². The molecule has 0 aliphatic heterocycles. The number of nitrogens with one attached hydrogen (secondary N) is 1. The Labute approximate surface area is 165 Å². The summed E-state index contributed by atoms with van der Waals surface area (Å²) in [5.41, 5.74) is 1.50. The van der Waals surface area contributed by atoms with Gasteiger partial charge in [0.15, 0.2) is 17.3 Å². The van der Waals surface area contributed by atoms with Crippen LogP contribution in [0, 0.1) is 5.92 Å². The van der Waals surface area contributed by atoms with Crippen LogP contribution >= 0.6 is 12.4 Å². The van der Waals surface area contributed by atoms with Crippen molar-refractivity contribution < 1.29 is 9.26 Å². The van der Waals surface area contributed by atoms with Gasteiger partial charge in [0.1, 0.15) is 0 Å². The summed E-state index contributed by atoms with van der Waals surface area (Å²) in [6, 6.07) is 10.1. The predicted octanol–water partition coefficient (Wildman–Crippen LogP) is 3.53. The van der Waals surface area contributed by atoms with E-state index in [0.717, 1.165) is 5.69 Å². The Morgan fingerprint density at radius 1 is 1.19 bits per heavy atom. The fourth-order valence-electron chi connectivity index (χ4n) is 2.39. The van der Waals surface area contributed by atoms with Crippen LogP contribution < -0.4 is 10.1 Å². The fraction of sp³-hybridized carbons (Fsp3) is 0.421. The summed E-state index contributed by atoms with van der Waals surface area (Å²) in [6.07, 6.45) is 2.54. The number of ether oxygens (including phenoxy) is 1. The number of aromatic nitrogens is 4. The Morgan fingerprint density at radius 3 is 2.59 bits per heavy atom. The Bertz CT molecular complexity index is 832. The van der Waals surface area contributed by atoms with E-state index in [1.807, 2.05) is 43.6 Å². The molecule has 7 nitrogen and oxygen atoms in total. The van der Waals surface area contributed by atoms with Crippen molar-refractivity contribution in [1.29, 1.82) is 0 Å². The van der Waals surface area contributed by atoms with Gasteiger partial charge in [0.2, 0.25) is 0 Å². The molecule has 0 fully saturated rings. The zero-order valence-electron chi connectivity index (χ0n) is 16.0. The average molecular weight is 392 g/mol. The van der Waals surface area contributed by atoms with E-state index in [9.17, 15) is 0 Å². The largest absolute Gasteiger partial charge is 0.489 e. The topological polar surface area (TPSA) is 78.0 Å². The summed E-state index contributed by atoms with van der Waals surface area (Å²) in [4.78, 5) is 4.49. The molecule has 0 amide bonds. The van der Waals surface area contributed by atoms with E-state index in [1.54, 1.807) is 4.68 Å². The first-order chi connectivity index (χ1) is 12.6. The molecule has 1 N–H and O–H groups in total. The second kappa shape index (κ2) is 9.53. The molecule has 1 atom stereocenters. The molecule has 0 saturated carbocycles. The van der Waals surface area contributed by atoms with Gasteiger partial charge in [0.25, 0.3) is 5.89 Å². The van der Waals surface area contributed by atoms with Gasteiger partial charge in [-0.3, -0.25) is 0 Å². The van der Waals surface area contributed by atoms with Crippen LogP contribution in [-0.2, 0) is 6.42 Å². The van der Waals surface area contributed by atoms with E-state index in [2.05, 4.69) is 41.3 Å². The lowest BCUT2D eigenvalue weighted by atomic mass is 10.2. The molecule has 0 bridgehead atoms. The number of hydrogen-bond acceptors (Lipinski definition) is 6. The average Bonchev–Trinajstić information content (AvgIpc) is 3.27. The number of hydrogen-bond donors (Lipinski definition) is 1. The molecule has 27 heavy (non-hydrogen) atoms. The van der Waals surface area contributed by atoms with Gasteiger partial charge in [0.05, 0.1) is 18.5 Å². The van der Waals surface area contributed by atoms with Crippen molar-refractivity contribution in [3.05, 3.63) is 42.4 Å². The molecule has 3 rings (SSSR count). The van der Waals surface area contributed by atoms with Crippen molar-refractivity contribution >= 4 is 12.4 Å². The van der Waals surface area contributed by atoms with Crippen molar-refractivity contribution in [2.24, 2.45) is 5.92 Å². The zero-order valence-corrected chi connectivity index (χ0v) is 16.9. The highest BCUT2D eigenvalue weighted by atomic mass is 35.5. The lowest BCUT2D eigenvalue weighted by Crippen LogP contribution is -2.24. The van der Waals surface area contributed by atoms with E-state index >= 15 is 0 Å².